The monoisotopic (exact) mass is 231 g/mol. The predicted molar refractivity (Wildman–Crippen MR) is 62.8 cm³/mol. The minimum absolute atomic E-state index is 0.162. The topological polar surface area (TPSA) is 67.0 Å². The lowest BCUT2D eigenvalue weighted by atomic mass is 10.2. The second-order valence-electron chi connectivity index (χ2n) is 3.48. The SMILES string of the molecule is COc1ccccc1CNC(=O)c1cn[nH]c1. The van der Waals surface area contributed by atoms with Crippen LogP contribution in [-0.4, -0.2) is 23.2 Å². The minimum atomic E-state index is -0.162. The van der Waals surface area contributed by atoms with E-state index >= 15 is 0 Å². The molecule has 0 radical (unpaired) electrons. The van der Waals surface area contributed by atoms with E-state index in [0.717, 1.165) is 11.3 Å². The van der Waals surface area contributed by atoms with Gasteiger partial charge in [0.15, 0.2) is 0 Å². The number of nitrogens with one attached hydrogen (secondary N) is 2. The van der Waals surface area contributed by atoms with Gasteiger partial charge in [-0.2, -0.15) is 5.10 Å². The molecule has 0 saturated heterocycles. The molecule has 0 fully saturated rings. The Kier molecular flexibility index (Phi) is 3.40. The zero-order valence-corrected chi connectivity index (χ0v) is 9.43. The third-order valence-corrected chi connectivity index (χ3v) is 2.39. The predicted octanol–water partition coefficient (Wildman–Crippen LogP) is 1.35. The second kappa shape index (κ2) is 5.16. The first-order chi connectivity index (χ1) is 8.31. The first kappa shape index (κ1) is 11.2. The number of ether oxygens (including phenoxy) is 1. The number of hydrogen-bond donors (Lipinski definition) is 2. The van der Waals surface area contributed by atoms with E-state index in [0.29, 0.717) is 12.1 Å². The molecule has 1 aromatic heterocycles. The quantitative estimate of drug-likeness (QED) is 0.834. The third kappa shape index (κ3) is 2.63. The van der Waals surface area contributed by atoms with Crippen molar-refractivity contribution in [1.82, 2.24) is 15.5 Å². The summed E-state index contributed by atoms with van der Waals surface area (Å²) in [5.74, 6) is 0.602. The van der Waals surface area contributed by atoms with Gasteiger partial charge in [-0.1, -0.05) is 18.2 Å². The van der Waals surface area contributed by atoms with Crippen molar-refractivity contribution >= 4 is 5.91 Å². The molecule has 0 spiro atoms. The molecule has 5 nitrogen and oxygen atoms in total. The molecule has 0 unspecified atom stereocenters. The van der Waals surface area contributed by atoms with E-state index in [1.807, 2.05) is 24.3 Å². The average Bonchev–Trinajstić information content (AvgIpc) is 2.90. The molecular weight excluding hydrogens is 218 g/mol. The van der Waals surface area contributed by atoms with Crippen LogP contribution in [0.1, 0.15) is 15.9 Å². The number of hydrogen-bond acceptors (Lipinski definition) is 3. The molecule has 0 aliphatic heterocycles. The van der Waals surface area contributed by atoms with Crippen LogP contribution in [0.5, 0.6) is 5.75 Å². The molecule has 1 aromatic carbocycles. The maximum Gasteiger partial charge on any atom is 0.254 e. The summed E-state index contributed by atoms with van der Waals surface area (Å²) >= 11 is 0. The zero-order valence-electron chi connectivity index (χ0n) is 9.43. The number of para-hydroxylation sites is 1. The fourth-order valence-electron chi connectivity index (χ4n) is 1.50. The van der Waals surface area contributed by atoms with Gasteiger partial charge in [-0.3, -0.25) is 9.89 Å². The van der Waals surface area contributed by atoms with Gasteiger partial charge in [-0.25, -0.2) is 0 Å². The van der Waals surface area contributed by atoms with Gasteiger partial charge in [0.05, 0.1) is 18.9 Å². The van der Waals surface area contributed by atoms with E-state index < -0.39 is 0 Å². The van der Waals surface area contributed by atoms with Crippen LogP contribution in [0.4, 0.5) is 0 Å². The van der Waals surface area contributed by atoms with E-state index in [1.165, 1.54) is 6.20 Å². The number of rotatable bonds is 4. The molecule has 0 saturated carbocycles. The van der Waals surface area contributed by atoms with Crippen molar-refractivity contribution < 1.29 is 9.53 Å². The summed E-state index contributed by atoms with van der Waals surface area (Å²) in [5, 5.41) is 9.11. The standard InChI is InChI=1S/C12H13N3O2/c1-17-11-5-3-2-4-9(11)6-13-12(16)10-7-14-15-8-10/h2-5,7-8H,6H2,1H3,(H,13,16)(H,14,15). The fraction of sp³-hybridized carbons (Fsp3) is 0.167. The molecule has 17 heavy (non-hydrogen) atoms. The summed E-state index contributed by atoms with van der Waals surface area (Å²) in [5.41, 5.74) is 1.45. The Bertz CT molecular complexity index is 494. The van der Waals surface area contributed by atoms with Gasteiger partial charge in [-0.05, 0) is 6.07 Å². The second-order valence-corrected chi connectivity index (χ2v) is 3.48. The molecule has 0 aliphatic rings. The highest BCUT2D eigenvalue weighted by molar-refractivity contribution is 5.93. The molecule has 2 rings (SSSR count). The normalized spacial score (nSPS) is 9.94. The molecule has 1 amide bonds. The van der Waals surface area contributed by atoms with Gasteiger partial charge in [0.25, 0.3) is 5.91 Å². The molecule has 0 atom stereocenters. The Balaban J connectivity index is 2.00. The minimum Gasteiger partial charge on any atom is -0.496 e. The lowest BCUT2D eigenvalue weighted by Crippen LogP contribution is -2.22. The number of H-pyrrole nitrogens is 1. The van der Waals surface area contributed by atoms with Crippen molar-refractivity contribution in [3.63, 3.8) is 0 Å². The zero-order chi connectivity index (χ0) is 12.1. The smallest absolute Gasteiger partial charge is 0.254 e. The number of carbonyl (C=O) groups is 1. The lowest BCUT2D eigenvalue weighted by Gasteiger charge is -2.08. The van der Waals surface area contributed by atoms with Crippen LogP contribution in [0, 0.1) is 0 Å². The van der Waals surface area contributed by atoms with Crippen LogP contribution in [0.3, 0.4) is 0 Å². The van der Waals surface area contributed by atoms with Crippen LogP contribution in [-0.2, 0) is 6.54 Å². The number of methoxy groups -OCH3 is 1. The average molecular weight is 231 g/mol. The van der Waals surface area contributed by atoms with Crippen LogP contribution < -0.4 is 10.1 Å². The Labute approximate surface area is 98.8 Å². The van der Waals surface area contributed by atoms with Crippen LogP contribution in [0.25, 0.3) is 0 Å². The first-order valence-electron chi connectivity index (χ1n) is 5.20. The van der Waals surface area contributed by atoms with Crippen molar-refractivity contribution in [3.8, 4) is 5.75 Å². The summed E-state index contributed by atoms with van der Waals surface area (Å²) < 4.78 is 5.20. The number of benzene rings is 1. The Morgan fingerprint density at radius 1 is 1.47 bits per heavy atom. The van der Waals surface area contributed by atoms with Crippen molar-refractivity contribution in [2.45, 2.75) is 6.54 Å². The van der Waals surface area contributed by atoms with Gasteiger partial charge < -0.3 is 10.1 Å². The fourth-order valence-corrected chi connectivity index (χ4v) is 1.50. The summed E-state index contributed by atoms with van der Waals surface area (Å²) in [4.78, 5) is 11.7. The van der Waals surface area contributed by atoms with Gasteiger partial charge in [0.2, 0.25) is 0 Å². The van der Waals surface area contributed by atoms with E-state index in [-0.39, 0.29) is 5.91 Å². The summed E-state index contributed by atoms with van der Waals surface area (Å²) in [6.07, 6.45) is 3.04. The maximum atomic E-state index is 11.7. The van der Waals surface area contributed by atoms with Crippen molar-refractivity contribution in [2.24, 2.45) is 0 Å². The maximum absolute atomic E-state index is 11.7. The van der Waals surface area contributed by atoms with Crippen molar-refractivity contribution in [3.05, 3.63) is 47.8 Å². The third-order valence-electron chi connectivity index (χ3n) is 2.39. The van der Waals surface area contributed by atoms with Crippen LogP contribution in [0.15, 0.2) is 36.7 Å². The van der Waals surface area contributed by atoms with Crippen LogP contribution >= 0.6 is 0 Å². The van der Waals surface area contributed by atoms with Crippen molar-refractivity contribution in [1.29, 1.82) is 0 Å². The number of carbonyl (C=O) groups excluding carboxylic acids is 1. The van der Waals surface area contributed by atoms with E-state index in [9.17, 15) is 4.79 Å². The molecule has 2 N–H and O–H groups in total. The molecule has 0 aliphatic carbocycles. The molecule has 2 aromatic rings. The largest absolute Gasteiger partial charge is 0.496 e. The van der Waals surface area contributed by atoms with Gasteiger partial charge in [0, 0.05) is 18.3 Å². The highest BCUT2D eigenvalue weighted by Crippen LogP contribution is 2.16. The number of amides is 1. The van der Waals surface area contributed by atoms with E-state index in [2.05, 4.69) is 15.5 Å². The molecular formula is C12H13N3O2. The Hall–Kier alpha value is -2.30. The Morgan fingerprint density at radius 3 is 3.00 bits per heavy atom. The molecule has 88 valence electrons. The first-order valence-corrected chi connectivity index (χ1v) is 5.20. The highest BCUT2D eigenvalue weighted by atomic mass is 16.5. The summed E-state index contributed by atoms with van der Waals surface area (Å²) in [7, 11) is 1.61. The van der Waals surface area contributed by atoms with Crippen molar-refractivity contribution in [2.75, 3.05) is 7.11 Å². The van der Waals surface area contributed by atoms with Gasteiger partial charge in [0.1, 0.15) is 5.75 Å². The van der Waals surface area contributed by atoms with Gasteiger partial charge >= 0.3 is 0 Å². The number of nitrogens with zero attached hydrogens (tertiary/aromatic N) is 1. The molecule has 5 heteroatoms. The van der Waals surface area contributed by atoms with E-state index in [4.69, 9.17) is 4.74 Å². The Morgan fingerprint density at radius 2 is 2.29 bits per heavy atom. The van der Waals surface area contributed by atoms with E-state index in [1.54, 1.807) is 13.3 Å². The number of aromatic nitrogens is 2. The highest BCUT2D eigenvalue weighted by Gasteiger charge is 2.07. The number of aromatic amines is 1. The lowest BCUT2D eigenvalue weighted by molar-refractivity contribution is 0.0951. The molecule has 0 bridgehead atoms. The van der Waals surface area contributed by atoms with Gasteiger partial charge in [-0.15, -0.1) is 0 Å². The summed E-state index contributed by atoms with van der Waals surface area (Å²) in [6.45, 7) is 0.425. The molecule has 1 heterocycles. The van der Waals surface area contributed by atoms with Crippen LogP contribution in [0.2, 0.25) is 0 Å². The summed E-state index contributed by atoms with van der Waals surface area (Å²) in [6, 6.07) is 7.57.